The molecule has 4 heterocycles. The minimum Gasteiger partial charge on any atom is -0.353 e. The van der Waals surface area contributed by atoms with Crippen LogP contribution >= 0.6 is 43.6 Å². The van der Waals surface area contributed by atoms with E-state index in [1.807, 2.05) is 21.8 Å². The summed E-state index contributed by atoms with van der Waals surface area (Å²) in [6, 6.07) is 1.84. The molecule has 0 aromatic carbocycles. The Kier molecular flexibility index (Phi) is 3.25. The van der Waals surface area contributed by atoms with Crippen molar-refractivity contribution in [2.24, 2.45) is 4.99 Å². The average molecular weight is 450 g/mol. The van der Waals surface area contributed by atoms with Gasteiger partial charge >= 0.3 is 0 Å². The number of nitrogens with one attached hydrogen (secondary N) is 1. The molecule has 0 saturated carbocycles. The van der Waals surface area contributed by atoms with Gasteiger partial charge < -0.3 is 10.1 Å². The van der Waals surface area contributed by atoms with Gasteiger partial charge in [0.05, 0.1) is 4.47 Å². The minimum atomic E-state index is -0.907. The van der Waals surface area contributed by atoms with Gasteiger partial charge in [-0.3, -0.25) is 14.3 Å². The molecule has 1 aromatic heterocycles. The third-order valence-electron chi connectivity index (χ3n) is 4.61. The number of amides is 1. The fourth-order valence-electron chi connectivity index (χ4n) is 3.71. The standard InChI is InChI=1S/C13H14Br2N4O2S/c1-21-12-4-3-5-18-10(20)8-6-7(14)9(15)19(8)13(12,18)17-11(16-12)22-2/h6H,3-5H2,1-2H3,(H,16,17)/t12-,13-/m0/s1. The topological polar surface area (TPSA) is 58.9 Å². The van der Waals surface area contributed by atoms with Crippen LogP contribution in [-0.4, -0.2) is 46.2 Å². The van der Waals surface area contributed by atoms with E-state index in [2.05, 4.69) is 37.2 Å². The Morgan fingerprint density at radius 1 is 1.50 bits per heavy atom. The molecule has 1 saturated heterocycles. The molecule has 22 heavy (non-hydrogen) atoms. The number of aliphatic imine (C=N–C) groups is 1. The molecule has 0 bridgehead atoms. The number of rotatable bonds is 1. The highest BCUT2D eigenvalue weighted by Gasteiger charge is 2.69. The van der Waals surface area contributed by atoms with Gasteiger partial charge in [-0.15, -0.1) is 0 Å². The van der Waals surface area contributed by atoms with Crippen molar-refractivity contribution in [3.8, 4) is 0 Å². The largest absolute Gasteiger partial charge is 0.353 e. The molecule has 1 N–H and O–H groups in total. The Hall–Kier alpha value is -0.510. The molecule has 4 rings (SSSR count). The van der Waals surface area contributed by atoms with Crippen LogP contribution in [-0.2, 0) is 10.5 Å². The first-order chi connectivity index (χ1) is 10.5. The Balaban J connectivity index is 2.05. The summed E-state index contributed by atoms with van der Waals surface area (Å²) in [5.74, 6) is -0.921. The summed E-state index contributed by atoms with van der Waals surface area (Å²) in [5, 5.41) is 4.19. The van der Waals surface area contributed by atoms with Gasteiger partial charge in [0.15, 0.2) is 5.17 Å². The van der Waals surface area contributed by atoms with Crippen LogP contribution in [0.2, 0.25) is 0 Å². The van der Waals surface area contributed by atoms with Crippen LogP contribution in [0, 0.1) is 0 Å². The lowest BCUT2D eigenvalue weighted by Crippen LogP contribution is -2.68. The summed E-state index contributed by atoms with van der Waals surface area (Å²) >= 11 is 8.62. The Morgan fingerprint density at radius 2 is 2.27 bits per heavy atom. The van der Waals surface area contributed by atoms with Gasteiger partial charge in [-0.25, -0.2) is 4.99 Å². The van der Waals surface area contributed by atoms with Crippen LogP contribution in [0.3, 0.4) is 0 Å². The zero-order valence-corrected chi connectivity index (χ0v) is 16.0. The van der Waals surface area contributed by atoms with Crippen molar-refractivity contribution in [2.45, 2.75) is 24.4 Å². The number of amidine groups is 1. The highest BCUT2D eigenvalue weighted by atomic mass is 79.9. The van der Waals surface area contributed by atoms with Gasteiger partial charge in [-0.2, -0.15) is 0 Å². The van der Waals surface area contributed by atoms with E-state index in [0.717, 1.165) is 27.1 Å². The molecular weight excluding hydrogens is 436 g/mol. The van der Waals surface area contributed by atoms with Crippen molar-refractivity contribution in [3.05, 3.63) is 20.8 Å². The van der Waals surface area contributed by atoms with Gasteiger partial charge in [-0.05, 0) is 50.6 Å². The Bertz CT molecular complexity index is 721. The summed E-state index contributed by atoms with van der Waals surface area (Å²) in [6.45, 7) is 0.669. The Labute approximate surface area is 148 Å². The highest BCUT2D eigenvalue weighted by Crippen LogP contribution is 2.53. The van der Waals surface area contributed by atoms with E-state index in [0.29, 0.717) is 12.2 Å². The molecule has 0 radical (unpaired) electrons. The number of halogens is 2. The second-order valence-corrected chi connectivity index (χ2v) is 7.88. The zero-order valence-electron chi connectivity index (χ0n) is 12.0. The van der Waals surface area contributed by atoms with Gasteiger partial charge in [0.25, 0.3) is 11.7 Å². The first-order valence-corrected chi connectivity index (χ1v) is 9.68. The predicted molar refractivity (Wildman–Crippen MR) is 91.9 cm³/mol. The first kappa shape index (κ1) is 15.0. The van der Waals surface area contributed by atoms with Gasteiger partial charge in [-0.1, -0.05) is 11.8 Å². The van der Waals surface area contributed by atoms with Crippen LogP contribution in [0.5, 0.6) is 0 Å². The molecule has 1 aromatic rings. The van der Waals surface area contributed by atoms with Crippen LogP contribution < -0.4 is 5.32 Å². The van der Waals surface area contributed by atoms with Crippen molar-refractivity contribution in [3.63, 3.8) is 0 Å². The maximum atomic E-state index is 12.9. The molecule has 3 aliphatic rings. The second kappa shape index (κ2) is 4.75. The summed E-state index contributed by atoms with van der Waals surface area (Å²) in [5.41, 5.74) is -0.124. The molecule has 118 valence electrons. The highest BCUT2D eigenvalue weighted by molar-refractivity contribution is 9.13. The fraction of sp³-hybridized carbons (Fsp3) is 0.538. The average Bonchev–Trinajstić information content (AvgIpc) is 3.09. The molecule has 0 unspecified atom stereocenters. The van der Waals surface area contributed by atoms with Gasteiger partial charge in [0, 0.05) is 20.1 Å². The molecule has 1 fully saturated rings. The molecule has 1 amide bonds. The molecule has 0 aliphatic carbocycles. The molecule has 3 aliphatic heterocycles. The van der Waals surface area contributed by atoms with Gasteiger partial charge in [0.1, 0.15) is 10.3 Å². The number of methoxy groups -OCH3 is 1. The van der Waals surface area contributed by atoms with Crippen LogP contribution in [0.25, 0.3) is 0 Å². The molecular formula is C13H14Br2N4O2S. The maximum Gasteiger partial charge on any atom is 0.274 e. The van der Waals surface area contributed by atoms with Crippen molar-refractivity contribution in [1.82, 2.24) is 14.8 Å². The number of carbonyl (C=O) groups is 1. The number of thioether (sulfide) groups is 1. The molecule has 1 spiro atoms. The minimum absolute atomic E-state index is 0.0135. The van der Waals surface area contributed by atoms with Crippen molar-refractivity contribution >= 4 is 54.7 Å². The van der Waals surface area contributed by atoms with E-state index < -0.39 is 11.5 Å². The molecule has 2 atom stereocenters. The van der Waals surface area contributed by atoms with Crippen LogP contribution in [0.1, 0.15) is 23.3 Å². The number of hydrogen-bond donors (Lipinski definition) is 1. The summed E-state index contributed by atoms with van der Waals surface area (Å²) in [7, 11) is 1.67. The SMILES string of the molecule is CO[C@@]12CCCN3C(=O)c4cc(Br)c(Br)n4[C@@]31N=C(SC)N2. The third kappa shape index (κ3) is 1.51. The monoisotopic (exact) mass is 448 g/mol. The van der Waals surface area contributed by atoms with Crippen LogP contribution in [0.4, 0.5) is 0 Å². The Morgan fingerprint density at radius 3 is 2.95 bits per heavy atom. The summed E-state index contributed by atoms with van der Waals surface area (Å²) in [6.07, 6.45) is 3.61. The first-order valence-electron chi connectivity index (χ1n) is 6.87. The van der Waals surface area contributed by atoms with E-state index in [9.17, 15) is 4.79 Å². The number of nitrogens with zero attached hydrogens (tertiary/aromatic N) is 3. The fourth-order valence-corrected chi connectivity index (χ4v) is 5.14. The molecule has 6 nitrogen and oxygen atoms in total. The van der Waals surface area contributed by atoms with E-state index in [1.165, 1.54) is 11.8 Å². The van der Waals surface area contributed by atoms with Crippen molar-refractivity contribution < 1.29 is 9.53 Å². The molecule has 9 heteroatoms. The van der Waals surface area contributed by atoms with Gasteiger partial charge in [0.2, 0.25) is 5.72 Å². The van der Waals surface area contributed by atoms with E-state index in [4.69, 9.17) is 9.73 Å². The number of aromatic nitrogens is 1. The summed E-state index contributed by atoms with van der Waals surface area (Å²) in [4.78, 5) is 19.6. The predicted octanol–water partition coefficient (Wildman–Crippen LogP) is 2.54. The van der Waals surface area contributed by atoms with Crippen molar-refractivity contribution in [1.29, 1.82) is 0 Å². The number of piperidine rings is 1. The number of carbonyl (C=O) groups excluding carboxylic acids is 1. The van der Waals surface area contributed by atoms with Crippen LogP contribution in [0.15, 0.2) is 20.1 Å². The smallest absolute Gasteiger partial charge is 0.274 e. The maximum absolute atomic E-state index is 12.9. The van der Waals surface area contributed by atoms with E-state index >= 15 is 0 Å². The summed E-state index contributed by atoms with van der Waals surface area (Å²) < 4.78 is 9.50. The lowest BCUT2D eigenvalue weighted by Gasteiger charge is -2.49. The van der Waals surface area contributed by atoms with Crippen molar-refractivity contribution in [2.75, 3.05) is 19.9 Å². The normalized spacial score (nSPS) is 32.5. The quantitative estimate of drug-likeness (QED) is 0.715. The number of hydrogen-bond acceptors (Lipinski definition) is 5. The third-order valence-corrected chi connectivity index (χ3v) is 7.11. The van der Waals surface area contributed by atoms with E-state index in [1.54, 1.807) is 7.11 Å². The zero-order chi connectivity index (χ0) is 15.7. The second-order valence-electron chi connectivity index (χ2n) is 5.48. The lowest BCUT2D eigenvalue weighted by atomic mass is 9.93. The van der Waals surface area contributed by atoms with E-state index in [-0.39, 0.29) is 5.91 Å². The number of fused-ring (bicyclic) bond motifs is 1. The number of ether oxygens (including phenoxy) is 1. The lowest BCUT2D eigenvalue weighted by molar-refractivity contribution is -0.176.